The first-order valence-electron chi connectivity index (χ1n) is 6.36. The summed E-state index contributed by atoms with van der Waals surface area (Å²) in [5.74, 6) is -1.43. The molecule has 5 nitrogen and oxygen atoms in total. The van der Waals surface area contributed by atoms with Crippen LogP contribution in [0.3, 0.4) is 0 Å². The average molecular weight is 300 g/mol. The zero-order chi connectivity index (χ0) is 15.2. The van der Waals surface area contributed by atoms with Gasteiger partial charge in [-0.1, -0.05) is 24.3 Å². The van der Waals surface area contributed by atoms with Crippen molar-refractivity contribution in [2.24, 2.45) is 0 Å². The Kier molecular flexibility index (Phi) is 6.16. The minimum absolute atomic E-state index is 0.0293. The molecule has 0 radical (unpaired) electrons. The minimum Gasteiger partial charge on any atom is -0.481 e. The highest BCUT2D eigenvalue weighted by Gasteiger charge is 2.15. The SMILES string of the molecule is COCCCS(=O)(=O)Cc1ccc(C(C)C(=O)O)cc1. The van der Waals surface area contributed by atoms with Gasteiger partial charge >= 0.3 is 5.97 Å². The molecule has 112 valence electrons. The van der Waals surface area contributed by atoms with Crippen LogP contribution in [0.5, 0.6) is 0 Å². The lowest BCUT2D eigenvalue weighted by Crippen LogP contribution is -2.11. The zero-order valence-electron chi connectivity index (χ0n) is 11.7. The second-order valence-corrected chi connectivity index (χ2v) is 6.92. The molecule has 20 heavy (non-hydrogen) atoms. The Morgan fingerprint density at radius 1 is 1.30 bits per heavy atom. The fourth-order valence-corrected chi connectivity index (χ4v) is 3.20. The summed E-state index contributed by atoms with van der Waals surface area (Å²) in [4.78, 5) is 10.9. The van der Waals surface area contributed by atoms with Crippen LogP contribution in [0.1, 0.15) is 30.4 Å². The van der Waals surface area contributed by atoms with Gasteiger partial charge in [-0.3, -0.25) is 4.79 Å². The molecule has 0 saturated carbocycles. The molecular weight excluding hydrogens is 280 g/mol. The van der Waals surface area contributed by atoms with Crippen molar-refractivity contribution in [1.29, 1.82) is 0 Å². The Morgan fingerprint density at radius 3 is 2.40 bits per heavy atom. The predicted octanol–water partition coefficient (Wildman–Crippen LogP) is 1.83. The van der Waals surface area contributed by atoms with Crippen molar-refractivity contribution in [2.45, 2.75) is 25.0 Å². The standard InChI is InChI=1S/C14H20O5S/c1-11(14(15)16)13-6-4-12(5-7-13)10-20(17,18)9-3-8-19-2/h4-7,11H,3,8-10H2,1-2H3,(H,15,16). The first-order valence-corrected chi connectivity index (χ1v) is 8.19. The van der Waals surface area contributed by atoms with Crippen LogP contribution in [-0.2, 0) is 25.1 Å². The van der Waals surface area contributed by atoms with Gasteiger partial charge in [-0.25, -0.2) is 8.42 Å². The van der Waals surface area contributed by atoms with Crippen LogP contribution in [0.4, 0.5) is 0 Å². The monoisotopic (exact) mass is 300 g/mol. The summed E-state index contributed by atoms with van der Waals surface area (Å²) >= 11 is 0. The largest absolute Gasteiger partial charge is 0.481 e. The maximum Gasteiger partial charge on any atom is 0.310 e. The summed E-state index contributed by atoms with van der Waals surface area (Å²) in [6, 6.07) is 6.67. The third kappa shape index (κ3) is 5.30. The smallest absolute Gasteiger partial charge is 0.310 e. The number of benzene rings is 1. The summed E-state index contributed by atoms with van der Waals surface area (Å²) < 4.78 is 28.5. The van der Waals surface area contributed by atoms with E-state index in [0.717, 1.165) is 0 Å². The number of ether oxygens (including phenoxy) is 1. The first kappa shape index (κ1) is 16.7. The van der Waals surface area contributed by atoms with Gasteiger partial charge in [-0.15, -0.1) is 0 Å². The van der Waals surface area contributed by atoms with Gasteiger partial charge in [0.25, 0.3) is 0 Å². The summed E-state index contributed by atoms with van der Waals surface area (Å²) in [5, 5.41) is 8.90. The molecule has 1 aromatic carbocycles. The average Bonchev–Trinajstić information content (AvgIpc) is 2.38. The van der Waals surface area contributed by atoms with Crippen LogP contribution in [0.2, 0.25) is 0 Å². The number of hydrogen-bond acceptors (Lipinski definition) is 4. The quantitative estimate of drug-likeness (QED) is 0.741. The molecule has 0 fully saturated rings. The van der Waals surface area contributed by atoms with E-state index in [0.29, 0.717) is 24.2 Å². The lowest BCUT2D eigenvalue weighted by atomic mass is 10.0. The molecule has 0 bridgehead atoms. The first-order chi connectivity index (χ1) is 9.35. The van der Waals surface area contributed by atoms with Crippen LogP contribution in [-0.4, -0.2) is 39.0 Å². The Hall–Kier alpha value is -1.40. The van der Waals surface area contributed by atoms with Gasteiger partial charge in [0.05, 0.1) is 17.4 Å². The molecule has 0 amide bonds. The van der Waals surface area contributed by atoms with Gasteiger partial charge < -0.3 is 9.84 Å². The Bertz CT molecular complexity index is 533. The molecular formula is C14H20O5S. The van der Waals surface area contributed by atoms with E-state index >= 15 is 0 Å². The number of carbonyl (C=O) groups is 1. The van der Waals surface area contributed by atoms with E-state index in [1.165, 1.54) is 7.11 Å². The molecule has 0 aromatic heterocycles. The van der Waals surface area contributed by atoms with E-state index in [9.17, 15) is 13.2 Å². The summed E-state index contributed by atoms with van der Waals surface area (Å²) in [5.41, 5.74) is 1.33. The molecule has 0 saturated heterocycles. The molecule has 1 aromatic rings. The summed E-state index contributed by atoms with van der Waals surface area (Å²) in [7, 11) is -1.62. The van der Waals surface area contributed by atoms with Crippen molar-refractivity contribution in [3.8, 4) is 0 Å². The maximum atomic E-state index is 11.9. The number of sulfone groups is 1. The van der Waals surface area contributed by atoms with E-state index in [1.54, 1.807) is 31.2 Å². The van der Waals surface area contributed by atoms with E-state index in [1.807, 2.05) is 0 Å². The fraction of sp³-hybridized carbons (Fsp3) is 0.500. The minimum atomic E-state index is -3.15. The highest BCUT2D eigenvalue weighted by Crippen LogP contribution is 2.17. The van der Waals surface area contributed by atoms with Crippen molar-refractivity contribution < 1.29 is 23.1 Å². The van der Waals surface area contributed by atoms with Crippen LogP contribution >= 0.6 is 0 Å². The molecule has 0 heterocycles. The van der Waals surface area contributed by atoms with Gasteiger partial charge in [0.15, 0.2) is 9.84 Å². The van der Waals surface area contributed by atoms with Crippen LogP contribution in [0.15, 0.2) is 24.3 Å². The van der Waals surface area contributed by atoms with Crippen LogP contribution < -0.4 is 0 Å². The van der Waals surface area contributed by atoms with Gasteiger partial charge in [0, 0.05) is 13.7 Å². The molecule has 1 N–H and O–H groups in total. The Morgan fingerprint density at radius 2 is 1.90 bits per heavy atom. The van der Waals surface area contributed by atoms with E-state index in [-0.39, 0.29) is 11.5 Å². The zero-order valence-corrected chi connectivity index (χ0v) is 12.5. The van der Waals surface area contributed by atoms with Crippen molar-refractivity contribution in [2.75, 3.05) is 19.5 Å². The van der Waals surface area contributed by atoms with Gasteiger partial charge in [-0.05, 0) is 24.5 Å². The molecule has 0 aliphatic rings. The number of rotatable bonds is 8. The van der Waals surface area contributed by atoms with E-state index < -0.39 is 21.7 Å². The Labute approximate surface area is 119 Å². The second kappa shape index (κ2) is 7.40. The van der Waals surface area contributed by atoms with Gasteiger partial charge in [0.2, 0.25) is 0 Å². The maximum absolute atomic E-state index is 11.9. The molecule has 6 heteroatoms. The van der Waals surface area contributed by atoms with Crippen LogP contribution in [0.25, 0.3) is 0 Å². The van der Waals surface area contributed by atoms with E-state index in [4.69, 9.17) is 9.84 Å². The van der Waals surface area contributed by atoms with Crippen molar-refractivity contribution in [3.05, 3.63) is 35.4 Å². The molecule has 0 aliphatic heterocycles. The third-order valence-electron chi connectivity index (χ3n) is 3.04. The number of carboxylic acid groups (broad SMARTS) is 1. The molecule has 1 unspecified atom stereocenters. The van der Waals surface area contributed by atoms with Crippen LogP contribution in [0, 0.1) is 0 Å². The van der Waals surface area contributed by atoms with Gasteiger partial charge in [0.1, 0.15) is 0 Å². The van der Waals surface area contributed by atoms with E-state index in [2.05, 4.69) is 0 Å². The lowest BCUT2D eigenvalue weighted by molar-refractivity contribution is -0.138. The number of methoxy groups -OCH3 is 1. The summed E-state index contributed by atoms with van der Waals surface area (Å²) in [6.07, 6.45) is 0.479. The fourth-order valence-electron chi connectivity index (χ4n) is 1.79. The normalized spacial score (nSPS) is 13.1. The van der Waals surface area contributed by atoms with Crippen molar-refractivity contribution >= 4 is 15.8 Å². The number of carboxylic acids is 1. The third-order valence-corrected chi connectivity index (χ3v) is 4.72. The topological polar surface area (TPSA) is 80.7 Å². The highest BCUT2D eigenvalue weighted by atomic mass is 32.2. The second-order valence-electron chi connectivity index (χ2n) is 4.74. The molecule has 1 rings (SSSR count). The molecule has 0 spiro atoms. The van der Waals surface area contributed by atoms with Crippen molar-refractivity contribution in [1.82, 2.24) is 0 Å². The van der Waals surface area contributed by atoms with Gasteiger partial charge in [-0.2, -0.15) is 0 Å². The number of hydrogen-bond donors (Lipinski definition) is 1. The number of aliphatic carboxylic acids is 1. The highest BCUT2D eigenvalue weighted by molar-refractivity contribution is 7.90. The van der Waals surface area contributed by atoms with Crippen molar-refractivity contribution in [3.63, 3.8) is 0 Å². The predicted molar refractivity (Wildman–Crippen MR) is 76.5 cm³/mol. The summed E-state index contributed by atoms with van der Waals surface area (Å²) in [6.45, 7) is 2.02. The molecule has 1 atom stereocenters. The Balaban J connectivity index is 2.67. The lowest BCUT2D eigenvalue weighted by Gasteiger charge is -2.08. The molecule has 0 aliphatic carbocycles.